The van der Waals surface area contributed by atoms with E-state index in [-0.39, 0.29) is 24.3 Å². The van der Waals surface area contributed by atoms with Gasteiger partial charge >= 0.3 is 5.97 Å². The van der Waals surface area contributed by atoms with Gasteiger partial charge in [-0.05, 0) is 51.1 Å². The van der Waals surface area contributed by atoms with E-state index in [1.165, 1.54) is 0 Å². The van der Waals surface area contributed by atoms with Crippen molar-refractivity contribution in [1.82, 2.24) is 4.90 Å². The van der Waals surface area contributed by atoms with Crippen LogP contribution in [0.1, 0.15) is 19.8 Å². The van der Waals surface area contributed by atoms with Crippen LogP contribution < -0.4 is 5.32 Å². The van der Waals surface area contributed by atoms with E-state index in [0.29, 0.717) is 48.3 Å². The molecule has 23 heavy (non-hydrogen) atoms. The highest BCUT2D eigenvalue weighted by atomic mass is 35.5. The maximum Gasteiger partial charge on any atom is 0.309 e. The first kappa shape index (κ1) is 18.0. The van der Waals surface area contributed by atoms with Crippen molar-refractivity contribution in [3.63, 3.8) is 0 Å². The fourth-order valence-corrected chi connectivity index (χ4v) is 3.03. The molecule has 0 atom stereocenters. The number of likely N-dealkylation sites (tertiary alicyclic amines) is 1. The molecule has 0 aromatic heterocycles. The lowest BCUT2D eigenvalue weighted by Crippen LogP contribution is -2.41. The first-order valence-corrected chi connectivity index (χ1v) is 8.39. The summed E-state index contributed by atoms with van der Waals surface area (Å²) in [5, 5.41) is 3.71. The molecule has 1 aliphatic heterocycles. The van der Waals surface area contributed by atoms with Crippen molar-refractivity contribution in [2.45, 2.75) is 19.8 Å². The summed E-state index contributed by atoms with van der Waals surface area (Å²) in [4.78, 5) is 25.8. The van der Waals surface area contributed by atoms with E-state index >= 15 is 0 Å². The summed E-state index contributed by atoms with van der Waals surface area (Å²) >= 11 is 11.9. The van der Waals surface area contributed by atoms with E-state index in [0.717, 1.165) is 0 Å². The second kappa shape index (κ2) is 8.52. The van der Waals surface area contributed by atoms with Crippen LogP contribution >= 0.6 is 23.2 Å². The van der Waals surface area contributed by atoms with Gasteiger partial charge in [0.05, 0.1) is 29.8 Å². The molecule has 1 aliphatic rings. The van der Waals surface area contributed by atoms with Crippen molar-refractivity contribution < 1.29 is 14.3 Å². The Kier molecular flexibility index (Phi) is 6.69. The second-order valence-corrected chi connectivity index (χ2v) is 6.32. The fraction of sp³-hybridized carbons (Fsp3) is 0.500. The van der Waals surface area contributed by atoms with Gasteiger partial charge in [-0.1, -0.05) is 23.2 Å². The number of carbonyl (C=O) groups is 2. The molecule has 126 valence electrons. The molecule has 0 radical (unpaired) electrons. The number of nitrogens with zero attached hydrogens (tertiary/aromatic N) is 1. The van der Waals surface area contributed by atoms with Gasteiger partial charge < -0.3 is 10.1 Å². The van der Waals surface area contributed by atoms with Crippen LogP contribution in [0.5, 0.6) is 0 Å². The maximum absolute atomic E-state index is 12.1. The van der Waals surface area contributed by atoms with Crippen LogP contribution in [0.4, 0.5) is 5.69 Å². The number of ether oxygens (including phenoxy) is 1. The number of esters is 1. The summed E-state index contributed by atoms with van der Waals surface area (Å²) in [6.07, 6.45) is 1.43. The molecule has 0 spiro atoms. The number of hydrogen-bond donors (Lipinski definition) is 1. The van der Waals surface area contributed by atoms with Gasteiger partial charge in [-0.25, -0.2) is 0 Å². The van der Waals surface area contributed by atoms with Crippen LogP contribution in [-0.2, 0) is 14.3 Å². The molecule has 0 aliphatic carbocycles. The van der Waals surface area contributed by atoms with Crippen LogP contribution in [0, 0.1) is 5.92 Å². The Balaban J connectivity index is 1.79. The average molecular weight is 359 g/mol. The SMILES string of the molecule is CCOC(=O)C1CCN(CC(=O)Nc2ccc(Cl)cc2Cl)CC1. The highest BCUT2D eigenvalue weighted by Gasteiger charge is 2.26. The molecule has 1 aromatic carbocycles. The van der Waals surface area contributed by atoms with Gasteiger partial charge in [0.15, 0.2) is 0 Å². The third-order valence-electron chi connectivity index (χ3n) is 3.78. The lowest BCUT2D eigenvalue weighted by atomic mass is 9.97. The number of nitrogens with one attached hydrogen (secondary N) is 1. The molecule has 0 saturated carbocycles. The Morgan fingerprint density at radius 1 is 1.30 bits per heavy atom. The predicted molar refractivity (Wildman–Crippen MR) is 90.9 cm³/mol. The number of carbonyl (C=O) groups excluding carboxylic acids is 2. The average Bonchev–Trinajstić information content (AvgIpc) is 2.51. The van der Waals surface area contributed by atoms with Gasteiger partial charge in [-0.2, -0.15) is 0 Å². The first-order valence-electron chi connectivity index (χ1n) is 7.63. The summed E-state index contributed by atoms with van der Waals surface area (Å²) in [5.74, 6) is -0.326. The first-order chi connectivity index (χ1) is 11.0. The lowest BCUT2D eigenvalue weighted by Gasteiger charge is -2.30. The summed E-state index contributed by atoms with van der Waals surface area (Å²) < 4.78 is 5.04. The van der Waals surface area contributed by atoms with E-state index in [1.54, 1.807) is 25.1 Å². The number of benzene rings is 1. The molecule has 1 heterocycles. The zero-order valence-corrected chi connectivity index (χ0v) is 14.5. The molecular formula is C16H20Cl2N2O3. The molecule has 1 amide bonds. The monoisotopic (exact) mass is 358 g/mol. The van der Waals surface area contributed by atoms with Crippen molar-refractivity contribution >= 4 is 40.8 Å². The molecular weight excluding hydrogens is 339 g/mol. The Labute approximate surface area is 145 Å². The third kappa shape index (κ3) is 5.37. The van der Waals surface area contributed by atoms with Crippen molar-refractivity contribution in [1.29, 1.82) is 0 Å². The second-order valence-electron chi connectivity index (χ2n) is 5.47. The van der Waals surface area contributed by atoms with Gasteiger partial charge in [-0.3, -0.25) is 14.5 Å². The maximum atomic E-state index is 12.1. The van der Waals surface area contributed by atoms with Gasteiger partial charge in [0.1, 0.15) is 0 Å². The van der Waals surface area contributed by atoms with Crippen molar-refractivity contribution in [3.05, 3.63) is 28.2 Å². The highest BCUT2D eigenvalue weighted by molar-refractivity contribution is 6.36. The largest absolute Gasteiger partial charge is 0.466 e. The minimum atomic E-state index is -0.135. The van der Waals surface area contributed by atoms with Crippen molar-refractivity contribution in [2.75, 3.05) is 31.6 Å². The van der Waals surface area contributed by atoms with Gasteiger partial charge in [0.2, 0.25) is 5.91 Å². The summed E-state index contributed by atoms with van der Waals surface area (Å²) in [6, 6.07) is 4.94. The predicted octanol–water partition coefficient (Wildman–Crippen LogP) is 3.21. The lowest BCUT2D eigenvalue weighted by molar-refractivity contribution is -0.149. The van der Waals surface area contributed by atoms with Gasteiger partial charge in [0, 0.05) is 5.02 Å². The molecule has 1 fully saturated rings. The summed E-state index contributed by atoms with van der Waals surface area (Å²) in [5.41, 5.74) is 0.544. The number of halogens is 2. The van der Waals surface area contributed by atoms with E-state index < -0.39 is 0 Å². The zero-order chi connectivity index (χ0) is 16.8. The summed E-state index contributed by atoms with van der Waals surface area (Å²) in [7, 11) is 0. The minimum absolute atomic E-state index is 0.0556. The molecule has 1 N–H and O–H groups in total. The van der Waals surface area contributed by atoms with Crippen LogP contribution in [0.25, 0.3) is 0 Å². The van der Waals surface area contributed by atoms with Crippen molar-refractivity contribution in [3.8, 4) is 0 Å². The number of anilines is 1. The van der Waals surface area contributed by atoms with Crippen LogP contribution in [-0.4, -0.2) is 43.0 Å². The summed E-state index contributed by atoms with van der Waals surface area (Å²) in [6.45, 7) is 3.88. The number of amides is 1. The molecule has 7 heteroatoms. The molecule has 0 bridgehead atoms. The Hall–Kier alpha value is -1.30. The van der Waals surface area contributed by atoms with Crippen LogP contribution in [0.3, 0.4) is 0 Å². The highest BCUT2D eigenvalue weighted by Crippen LogP contribution is 2.25. The van der Waals surface area contributed by atoms with Crippen LogP contribution in [0.2, 0.25) is 10.0 Å². The fourth-order valence-electron chi connectivity index (χ4n) is 2.57. The molecule has 1 aromatic rings. The normalized spacial score (nSPS) is 16.1. The van der Waals surface area contributed by atoms with E-state index in [9.17, 15) is 9.59 Å². The molecule has 5 nitrogen and oxygen atoms in total. The molecule has 0 unspecified atom stereocenters. The minimum Gasteiger partial charge on any atom is -0.466 e. The number of hydrogen-bond acceptors (Lipinski definition) is 4. The number of rotatable bonds is 5. The van der Waals surface area contributed by atoms with Crippen LogP contribution in [0.15, 0.2) is 18.2 Å². The topological polar surface area (TPSA) is 58.6 Å². The van der Waals surface area contributed by atoms with E-state index in [4.69, 9.17) is 27.9 Å². The zero-order valence-electron chi connectivity index (χ0n) is 13.0. The van der Waals surface area contributed by atoms with Gasteiger partial charge in [0.25, 0.3) is 0 Å². The third-order valence-corrected chi connectivity index (χ3v) is 4.33. The Bertz CT molecular complexity index is 572. The smallest absolute Gasteiger partial charge is 0.309 e. The molecule has 2 rings (SSSR count). The Morgan fingerprint density at radius 2 is 2.00 bits per heavy atom. The van der Waals surface area contributed by atoms with Gasteiger partial charge in [-0.15, -0.1) is 0 Å². The van der Waals surface area contributed by atoms with E-state index in [2.05, 4.69) is 5.32 Å². The number of piperidine rings is 1. The Morgan fingerprint density at radius 3 is 2.61 bits per heavy atom. The van der Waals surface area contributed by atoms with Crippen molar-refractivity contribution in [2.24, 2.45) is 5.92 Å². The molecule has 1 saturated heterocycles. The standard InChI is InChI=1S/C16H20Cl2N2O3/c1-2-23-16(22)11-5-7-20(8-6-11)10-15(21)19-14-4-3-12(17)9-13(14)18/h3-4,9,11H,2,5-8,10H2,1H3,(H,19,21). The quantitative estimate of drug-likeness (QED) is 0.821. The van der Waals surface area contributed by atoms with E-state index in [1.807, 2.05) is 4.90 Å².